The van der Waals surface area contributed by atoms with Crippen LogP contribution < -0.4 is 14.2 Å². The second kappa shape index (κ2) is 16.2. The number of aliphatic carboxylic acids is 1. The number of aromatic nitrogens is 1. The summed E-state index contributed by atoms with van der Waals surface area (Å²) in [5, 5.41) is 21.1. The SMILES string of the molecule is COc1ccc([C@H](Cc2c(Cl)c[n+](O)cc2Cl)OC(=O)c2ccc(CN3CCC(C(=O)O)(c4ccccc4)CC3[C@H]3CN4CCC3CC4)cc2)cc1OC. The van der Waals surface area contributed by atoms with Gasteiger partial charge in [-0.2, -0.15) is 0 Å². The minimum Gasteiger partial charge on any atom is -0.493 e. The molecule has 54 heavy (non-hydrogen) atoms. The number of likely N-dealkylation sites (tertiary alicyclic amines) is 1. The van der Waals surface area contributed by atoms with Crippen LogP contribution in [0.4, 0.5) is 0 Å². The highest BCUT2D eigenvalue weighted by Gasteiger charge is 2.51. The number of methoxy groups -OCH3 is 2. The fraction of sp³-hybridized carbons (Fsp3) is 0.405. The van der Waals surface area contributed by atoms with Crippen molar-refractivity contribution in [2.75, 3.05) is 40.4 Å². The van der Waals surface area contributed by atoms with E-state index in [0.717, 1.165) is 48.3 Å². The summed E-state index contributed by atoms with van der Waals surface area (Å²) in [6.45, 7) is 4.55. The summed E-state index contributed by atoms with van der Waals surface area (Å²) in [5.74, 6) is 0.701. The van der Waals surface area contributed by atoms with Crippen molar-refractivity contribution in [1.29, 1.82) is 0 Å². The Morgan fingerprint density at radius 3 is 2.22 bits per heavy atom. The number of benzene rings is 3. The standard InChI is InChI=1S/C42H45Cl2N3O7/c1-52-37-13-12-30(20-39(37)53-2)38(21-32-34(43)25-47(51)26-35(32)44)54-40(48)29-10-8-27(9-11-29)23-46-19-16-42(41(49)50,31-6-4-3-5-7-31)22-36(46)33-24-45-17-14-28(33)15-18-45/h3-13,20,25-26,28,33,36,38H,14-19,21-24H2,1-2H3,(H-,49,50,51)/p+1/t33-,36?,38-,42?/m0/s1. The van der Waals surface area contributed by atoms with Crippen molar-refractivity contribution in [3.63, 3.8) is 0 Å². The van der Waals surface area contributed by atoms with Gasteiger partial charge >= 0.3 is 11.9 Å². The summed E-state index contributed by atoms with van der Waals surface area (Å²) in [7, 11) is 3.08. The Labute approximate surface area is 325 Å². The normalized spacial score (nSPS) is 24.4. The number of nitrogens with zero attached hydrogens (tertiary/aromatic N) is 3. The lowest BCUT2D eigenvalue weighted by Gasteiger charge is -2.54. The van der Waals surface area contributed by atoms with E-state index in [1.807, 2.05) is 42.5 Å². The zero-order valence-corrected chi connectivity index (χ0v) is 32.0. The van der Waals surface area contributed by atoms with E-state index in [-0.39, 0.29) is 22.5 Å². The highest BCUT2D eigenvalue weighted by Crippen LogP contribution is 2.46. The lowest BCUT2D eigenvalue weighted by atomic mass is 9.64. The summed E-state index contributed by atoms with van der Waals surface area (Å²) in [6.07, 6.45) is 5.38. The van der Waals surface area contributed by atoms with Crippen molar-refractivity contribution in [2.24, 2.45) is 11.8 Å². The van der Waals surface area contributed by atoms with Crippen LogP contribution in [0.2, 0.25) is 10.0 Å². The Bertz CT molecular complexity index is 1950. The van der Waals surface area contributed by atoms with E-state index in [4.69, 9.17) is 37.4 Å². The molecule has 10 nitrogen and oxygen atoms in total. The van der Waals surface area contributed by atoms with Crippen molar-refractivity contribution >= 4 is 35.1 Å². The number of pyridine rings is 1. The van der Waals surface area contributed by atoms with Gasteiger partial charge in [0, 0.05) is 42.4 Å². The fourth-order valence-corrected chi connectivity index (χ4v) is 9.48. The third kappa shape index (κ3) is 7.75. The minimum atomic E-state index is -0.931. The number of carbonyl (C=O) groups excluding carboxylic acids is 1. The van der Waals surface area contributed by atoms with Gasteiger partial charge in [0.2, 0.25) is 12.4 Å². The Kier molecular flexibility index (Phi) is 11.4. The summed E-state index contributed by atoms with van der Waals surface area (Å²) in [6, 6.07) is 22.6. The van der Waals surface area contributed by atoms with Gasteiger partial charge in [-0.05, 0) is 91.6 Å². The van der Waals surface area contributed by atoms with Crippen LogP contribution in [0.1, 0.15) is 64.4 Å². The molecule has 0 amide bonds. The number of piperidine rings is 4. The molecule has 4 fully saturated rings. The summed E-state index contributed by atoms with van der Waals surface area (Å²) < 4.78 is 17.9. The van der Waals surface area contributed by atoms with Crippen molar-refractivity contribution in [2.45, 2.75) is 56.2 Å². The summed E-state index contributed by atoms with van der Waals surface area (Å²) >= 11 is 13.0. The van der Waals surface area contributed by atoms with Crippen molar-refractivity contribution in [3.05, 3.63) is 123 Å². The molecule has 3 aromatic carbocycles. The first kappa shape index (κ1) is 37.9. The third-order valence-electron chi connectivity index (χ3n) is 11.9. The van der Waals surface area contributed by atoms with Crippen LogP contribution in [0.15, 0.2) is 85.2 Å². The number of carboxylic acid groups (broad SMARTS) is 1. The molecular formula is C42H46Cl2N3O7+. The molecule has 12 heteroatoms. The van der Waals surface area contributed by atoms with Gasteiger partial charge < -0.3 is 24.2 Å². The maximum atomic E-state index is 13.8. The minimum absolute atomic E-state index is 0.104. The molecule has 4 aliphatic heterocycles. The summed E-state index contributed by atoms with van der Waals surface area (Å²) in [4.78, 5) is 31.9. The number of hydrogen-bond acceptors (Lipinski definition) is 8. The summed E-state index contributed by atoms with van der Waals surface area (Å²) in [5.41, 5.74) is 2.51. The van der Waals surface area contributed by atoms with E-state index in [1.165, 1.54) is 19.5 Å². The van der Waals surface area contributed by atoms with E-state index in [2.05, 4.69) is 9.80 Å². The Morgan fingerprint density at radius 1 is 0.926 bits per heavy atom. The number of hydrogen-bond donors (Lipinski definition) is 2. The smallest absolute Gasteiger partial charge is 0.338 e. The van der Waals surface area contributed by atoms with E-state index < -0.39 is 23.5 Å². The molecule has 4 saturated heterocycles. The molecule has 284 valence electrons. The van der Waals surface area contributed by atoms with Crippen LogP contribution in [0.5, 0.6) is 11.5 Å². The van der Waals surface area contributed by atoms with Crippen molar-refractivity contribution < 1.29 is 38.8 Å². The van der Waals surface area contributed by atoms with Crippen LogP contribution >= 0.6 is 23.2 Å². The molecule has 8 rings (SSSR count). The number of carbonyl (C=O) groups is 2. The quantitative estimate of drug-likeness (QED) is 0.0893. The zero-order chi connectivity index (χ0) is 38.0. The second-order valence-electron chi connectivity index (χ2n) is 14.8. The highest BCUT2D eigenvalue weighted by molar-refractivity contribution is 6.35. The van der Waals surface area contributed by atoms with Gasteiger partial charge in [0.25, 0.3) is 0 Å². The Balaban J connectivity index is 1.12. The van der Waals surface area contributed by atoms with Gasteiger partial charge in [0.05, 0.1) is 25.2 Å². The molecule has 0 saturated carbocycles. The monoisotopic (exact) mass is 774 g/mol. The van der Waals surface area contributed by atoms with E-state index in [9.17, 15) is 19.9 Å². The third-order valence-corrected chi connectivity index (χ3v) is 12.5. The first-order valence-electron chi connectivity index (χ1n) is 18.4. The van der Waals surface area contributed by atoms with E-state index in [0.29, 0.717) is 66.0 Å². The number of rotatable bonds is 12. The molecule has 4 aliphatic rings. The molecule has 1 aromatic heterocycles. The maximum absolute atomic E-state index is 13.8. The second-order valence-corrected chi connectivity index (χ2v) is 15.6. The number of esters is 1. The van der Waals surface area contributed by atoms with Gasteiger partial charge in [-0.3, -0.25) is 14.9 Å². The maximum Gasteiger partial charge on any atom is 0.338 e. The largest absolute Gasteiger partial charge is 0.493 e. The molecule has 0 radical (unpaired) electrons. The molecule has 2 N–H and O–H groups in total. The van der Waals surface area contributed by atoms with Crippen LogP contribution in [0.3, 0.4) is 0 Å². The highest BCUT2D eigenvalue weighted by atomic mass is 35.5. The van der Waals surface area contributed by atoms with Crippen molar-refractivity contribution in [1.82, 2.24) is 9.80 Å². The predicted octanol–water partition coefficient (Wildman–Crippen LogP) is 7.01. The predicted molar refractivity (Wildman–Crippen MR) is 204 cm³/mol. The molecule has 4 atom stereocenters. The lowest BCUT2D eigenvalue weighted by Crippen LogP contribution is -2.60. The van der Waals surface area contributed by atoms with Gasteiger partial charge in [-0.1, -0.05) is 71.7 Å². The molecule has 5 heterocycles. The molecular weight excluding hydrogens is 729 g/mol. The van der Waals surface area contributed by atoms with E-state index in [1.54, 1.807) is 37.4 Å². The lowest BCUT2D eigenvalue weighted by molar-refractivity contribution is -0.904. The van der Waals surface area contributed by atoms with Crippen LogP contribution in [0, 0.1) is 11.8 Å². The number of fused-ring (bicyclic) bond motifs is 3. The van der Waals surface area contributed by atoms with Gasteiger partial charge in [0.15, 0.2) is 11.5 Å². The van der Waals surface area contributed by atoms with Gasteiger partial charge in [-0.25, -0.2) is 4.79 Å². The fourth-order valence-electron chi connectivity index (χ4n) is 8.87. The first-order valence-corrected chi connectivity index (χ1v) is 19.2. The molecule has 4 aromatic rings. The average molecular weight is 776 g/mol. The van der Waals surface area contributed by atoms with Gasteiger partial charge in [0.1, 0.15) is 16.1 Å². The first-order chi connectivity index (χ1) is 26.1. The van der Waals surface area contributed by atoms with Crippen LogP contribution in [0.25, 0.3) is 0 Å². The number of halogens is 2. The molecule has 2 bridgehead atoms. The molecule has 0 aliphatic carbocycles. The Hall–Kier alpha value is -4.35. The molecule has 0 spiro atoms. The Morgan fingerprint density at radius 2 is 1.61 bits per heavy atom. The zero-order valence-electron chi connectivity index (χ0n) is 30.5. The average Bonchev–Trinajstić information content (AvgIpc) is 3.19. The van der Waals surface area contributed by atoms with Gasteiger partial charge in [-0.15, -0.1) is 0 Å². The number of carboxylic acids is 1. The topological polar surface area (TPSA) is 113 Å². The number of ether oxygens (including phenoxy) is 3. The van der Waals surface area contributed by atoms with Crippen LogP contribution in [-0.2, 0) is 27.9 Å². The van der Waals surface area contributed by atoms with Crippen LogP contribution in [-0.4, -0.2) is 78.5 Å². The van der Waals surface area contributed by atoms with Crippen molar-refractivity contribution in [3.8, 4) is 11.5 Å². The van der Waals surface area contributed by atoms with E-state index >= 15 is 0 Å². The molecule has 2 unspecified atom stereocenters.